The van der Waals surface area contributed by atoms with Gasteiger partial charge in [-0.25, -0.2) is 4.98 Å². The number of carbonyl (C=O) groups excluding carboxylic acids is 2. The summed E-state index contributed by atoms with van der Waals surface area (Å²) in [6.07, 6.45) is 4.71. The number of aldehydes is 1. The quantitative estimate of drug-likeness (QED) is 0.347. The lowest BCUT2D eigenvalue weighted by Crippen LogP contribution is -2.40. The number of ether oxygens (including phenoxy) is 3. The molecule has 210 valence electrons. The third kappa shape index (κ3) is 11.3. The molecule has 0 radical (unpaired) electrons. The lowest BCUT2D eigenvalue weighted by Gasteiger charge is -2.19. The molecule has 4 rings (SSSR count). The van der Waals surface area contributed by atoms with Crippen LogP contribution in [0.4, 0.5) is 0 Å². The van der Waals surface area contributed by atoms with Crippen LogP contribution < -0.4 is 10.1 Å². The normalized spacial score (nSPS) is 18.9. The maximum absolute atomic E-state index is 11.9. The van der Waals surface area contributed by atoms with E-state index in [0.29, 0.717) is 25.4 Å². The zero-order chi connectivity index (χ0) is 28.5. The third-order valence-electron chi connectivity index (χ3n) is 6.12. The maximum Gasteiger partial charge on any atom is 0.325 e. The van der Waals surface area contributed by atoms with E-state index in [1.807, 2.05) is 31.2 Å². The fourth-order valence-electron chi connectivity index (χ4n) is 3.99. The first kappa shape index (κ1) is 31.5. The third-order valence-corrected chi connectivity index (χ3v) is 6.12. The molecule has 1 fully saturated rings. The van der Waals surface area contributed by atoms with Crippen molar-refractivity contribution in [2.75, 3.05) is 27.4 Å². The Morgan fingerprint density at radius 3 is 2.23 bits per heavy atom. The Kier molecular flexibility index (Phi) is 14.3. The average Bonchev–Trinajstić information content (AvgIpc) is 3.03. The van der Waals surface area contributed by atoms with Gasteiger partial charge in [0.25, 0.3) is 0 Å². The van der Waals surface area contributed by atoms with E-state index in [0.717, 1.165) is 19.3 Å². The number of aryl methyl sites for hydroxylation is 1. The van der Waals surface area contributed by atoms with Crippen molar-refractivity contribution in [1.29, 1.82) is 0 Å². The predicted molar refractivity (Wildman–Crippen MR) is 151 cm³/mol. The van der Waals surface area contributed by atoms with Gasteiger partial charge >= 0.3 is 5.97 Å². The number of methoxy groups -OCH3 is 1. The first-order chi connectivity index (χ1) is 18.9. The van der Waals surface area contributed by atoms with Crippen LogP contribution in [-0.4, -0.2) is 61.9 Å². The van der Waals surface area contributed by atoms with Crippen LogP contribution in [0.5, 0.6) is 11.5 Å². The molecule has 1 aliphatic rings. The molecule has 0 saturated carbocycles. The van der Waals surface area contributed by atoms with Gasteiger partial charge < -0.3 is 24.6 Å². The van der Waals surface area contributed by atoms with Gasteiger partial charge in [-0.05, 0) is 50.3 Å². The summed E-state index contributed by atoms with van der Waals surface area (Å²) in [4.78, 5) is 25.7. The van der Waals surface area contributed by atoms with Crippen molar-refractivity contribution < 1.29 is 28.9 Å². The average molecular weight is 537 g/mol. The molecule has 0 spiro atoms. The van der Waals surface area contributed by atoms with E-state index >= 15 is 0 Å². The van der Waals surface area contributed by atoms with Crippen molar-refractivity contribution in [2.45, 2.75) is 45.3 Å². The van der Waals surface area contributed by atoms with E-state index in [4.69, 9.17) is 14.2 Å². The van der Waals surface area contributed by atoms with Crippen LogP contribution in [0.25, 0.3) is 0 Å². The summed E-state index contributed by atoms with van der Waals surface area (Å²) in [6, 6.07) is 21.9. The van der Waals surface area contributed by atoms with Crippen LogP contribution in [0.3, 0.4) is 0 Å². The van der Waals surface area contributed by atoms with E-state index < -0.39 is 0 Å². The Hall–Kier alpha value is -3.75. The number of hydrogen-bond acceptors (Lipinski definition) is 8. The summed E-state index contributed by atoms with van der Waals surface area (Å²) in [5.41, 5.74) is 2.70. The molecule has 2 heterocycles. The van der Waals surface area contributed by atoms with E-state index in [9.17, 15) is 14.7 Å². The van der Waals surface area contributed by atoms with Gasteiger partial charge in [-0.3, -0.25) is 9.59 Å². The van der Waals surface area contributed by atoms with Crippen molar-refractivity contribution in [3.63, 3.8) is 0 Å². The van der Waals surface area contributed by atoms with Crippen molar-refractivity contribution in [3.8, 4) is 11.5 Å². The molecular weight excluding hydrogens is 496 g/mol. The highest BCUT2D eigenvalue weighted by atomic mass is 16.5. The molecular formula is C31H40N2O6. The highest BCUT2D eigenvalue weighted by molar-refractivity contribution is 5.77. The Balaban J connectivity index is 0.000000234. The molecule has 0 amide bonds. The van der Waals surface area contributed by atoms with Crippen LogP contribution in [0.1, 0.15) is 41.9 Å². The monoisotopic (exact) mass is 536 g/mol. The summed E-state index contributed by atoms with van der Waals surface area (Å²) >= 11 is 0. The second-order valence-corrected chi connectivity index (χ2v) is 9.12. The molecule has 3 aromatic rings. The lowest BCUT2D eigenvalue weighted by molar-refractivity contribution is -0.151. The first-order valence-corrected chi connectivity index (χ1v) is 13.1. The van der Waals surface area contributed by atoms with Crippen LogP contribution >= 0.6 is 0 Å². The number of cyclic esters (lactones) is 1. The minimum Gasteiger partial charge on any atom is -0.503 e. The van der Waals surface area contributed by atoms with Crippen LogP contribution in [0.15, 0.2) is 72.9 Å². The van der Waals surface area contributed by atoms with Crippen molar-refractivity contribution in [3.05, 3.63) is 89.7 Å². The van der Waals surface area contributed by atoms with Gasteiger partial charge in [0.15, 0.2) is 17.8 Å². The number of pyridine rings is 1. The summed E-state index contributed by atoms with van der Waals surface area (Å²) in [6.45, 7) is 5.14. The van der Waals surface area contributed by atoms with Gasteiger partial charge in [0.1, 0.15) is 11.7 Å². The number of rotatable bonds is 6. The van der Waals surface area contributed by atoms with Gasteiger partial charge in [-0.1, -0.05) is 67.6 Å². The van der Waals surface area contributed by atoms with Gasteiger partial charge in [-0.2, -0.15) is 0 Å². The zero-order valence-corrected chi connectivity index (χ0v) is 23.2. The molecule has 1 aromatic heterocycles. The highest BCUT2D eigenvalue weighted by Crippen LogP contribution is 2.26. The lowest BCUT2D eigenvalue weighted by atomic mass is 9.95. The predicted octanol–water partition coefficient (Wildman–Crippen LogP) is 4.64. The first-order valence-electron chi connectivity index (χ1n) is 13.1. The molecule has 0 bridgehead atoms. The number of esters is 1. The molecule has 2 unspecified atom stereocenters. The minimum absolute atomic E-state index is 0.00986. The fraction of sp³-hybridized carbons (Fsp3) is 0.387. The van der Waals surface area contributed by atoms with Crippen molar-refractivity contribution in [2.24, 2.45) is 5.92 Å². The van der Waals surface area contributed by atoms with Gasteiger partial charge in [0.05, 0.1) is 19.8 Å². The molecule has 1 aliphatic heterocycles. The van der Waals surface area contributed by atoms with Crippen LogP contribution in [0, 0.1) is 5.92 Å². The number of nitrogens with one attached hydrogen (secondary N) is 1. The van der Waals surface area contributed by atoms with Crippen molar-refractivity contribution >= 4 is 12.3 Å². The van der Waals surface area contributed by atoms with Crippen molar-refractivity contribution in [1.82, 2.24) is 10.3 Å². The number of benzene rings is 2. The molecule has 0 aliphatic carbocycles. The highest BCUT2D eigenvalue weighted by Gasteiger charge is 2.25. The second kappa shape index (κ2) is 17.7. The number of hydrogen-bond donors (Lipinski definition) is 2. The smallest absolute Gasteiger partial charge is 0.325 e. The fourth-order valence-corrected chi connectivity index (χ4v) is 3.99. The summed E-state index contributed by atoms with van der Waals surface area (Å²) in [5.74, 6) is 0.184. The van der Waals surface area contributed by atoms with Gasteiger partial charge in [-0.15, -0.1) is 0 Å². The van der Waals surface area contributed by atoms with E-state index in [1.54, 1.807) is 7.05 Å². The SMILES string of the molecule is CCc1ccccc1.CN[C@H]1COCC(Cc2ccccc2)CC(C)OC1=O.COc1ccnc(C=O)c1O. The van der Waals surface area contributed by atoms with E-state index in [-0.39, 0.29) is 35.3 Å². The number of aromatic nitrogens is 1. The Morgan fingerprint density at radius 1 is 1.05 bits per heavy atom. The van der Waals surface area contributed by atoms with E-state index in [1.165, 1.54) is 30.5 Å². The molecule has 2 N–H and O–H groups in total. The molecule has 1 saturated heterocycles. The van der Waals surface area contributed by atoms with E-state index in [2.05, 4.69) is 53.6 Å². The number of carbonyl (C=O) groups is 2. The topological polar surface area (TPSA) is 107 Å². The molecule has 3 atom stereocenters. The number of aromatic hydroxyl groups is 1. The van der Waals surface area contributed by atoms with Crippen LogP contribution in [0.2, 0.25) is 0 Å². The van der Waals surface area contributed by atoms with Gasteiger partial charge in [0, 0.05) is 18.9 Å². The second-order valence-electron chi connectivity index (χ2n) is 9.12. The largest absolute Gasteiger partial charge is 0.503 e. The Bertz CT molecular complexity index is 1110. The molecule has 8 heteroatoms. The standard InChI is InChI=1S/C16H23NO3.C8H10.C7H7NO3/c1-12-8-14(9-13-6-4-3-5-7-13)10-19-11-15(17-2)16(18)20-12;1-2-8-6-4-3-5-7-8;1-11-6-2-3-8-5(4-9)7(6)10/h3-7,12,14-15,17H,8-11H2,1-2H3;3-7H,2H2,1H3;2-4,10H,1H3/t12?,14?,15-;;/m0../s1. The number of likely N-dealkylation sites (N-methyl/N-ethyl adjacent to an activating group) is 1. The summed E-state index contributed by atoms with van der Waals surface area (Å²) in [7, 11) is 3.16. The minimum atomic E-state index is -0.368. The maximum atomic E-state index is 11.9. The number of nitrogens with zero attached hydrogens (tertiary/aromatic N) is 1. The zero-order valence-electron chi connectivity index (χ0n) is 23.2. The Morgan fingerprint density at radius 2 is 1.69 bits per heavy atom. The summed E-state index contributed by atoms with van der Waals surface area (Å²) in [5, 5.41) is 12.1. The van der Waals surface area contributed by atoms with Crippen LogP contribution in [-0.2, 0) is 27.1 Å². The summed E-state index contributed by atoms with van der Waals surface area (Å²) < 4.78 is 15.9. The Labute approximate surface area is 231 Å². The molecule has 39 heavy (non-hydrogen) atoms. The molecule has 2 aromatic carbocycles. The van der Waals surface area contributed by atoms with Gasteiger partial charge in [0.2, 0.25) is 0 Å². The molecule has 8 nitrogen and oxygen atoms in total.